The van der Waals surface area contributed by atoms with Crippen LogP contribution in [0.15, 0.2) is 41.4 Å². The number of nitrogens with zero attached hydrogens (tertiary/aromatic N) is 2. The van der Waals surface area contributed by atoms with Gasteiger partial charge in [0.1, 0.15) is 23.2 Å². The number of likely N-dealkylation sites (tertiary alicyclic amines) is 1. The number of hydrogen-bond acceptors (Lipinski definition) is 8. The molecule has 1 atom stereocenters. The molecule has 0 saturated carbocycles. The molecule has 4 N–H and O–H groups in total. The Labute approximate surface area is 234 Å². The van der Waals surface area contributed by atoms with Crippen molar-refractivity contribution < 1.29 is 38.1 Å². The molecular formula is C28H32F3N3O5S. The smallest absolute Gasteiger partial charge is 0.249 e. The molecule has 1 saturated heterocycles. The number of carbonyl (C=O) groups is 1. The molecule has 1 amide bonds. The van der Waals surface area contributed by atoms with E-state index in [1.165, 1.54) is 13.3 Å². The van der Waals surface area contributed by atoms with Crippen molar-refractivity contribution >= 4 is 28.6 Å². The zero-order valence-electron chi connectivity index (χ0n) is 22.0. The van der Waals surface area contributed by atoms with E-state index in [0.29, 0.717) is 78.1 Å². The van der Waals surface area contributed by atoms with Crippen LogP contribution in [0.2, 0.25) is 0 Å². The predicted octanol–water partition coefficient (Wildman–Crippen LogP) is 4.35. The van der Waals surface area contributed by atoms with E-state index in [4.69, 9.17) is 4.74 Å². The number of aliphatic hydroxyl groups excluding tert-OH is 2. The molecule has 216 valence electrons. The third-order valence-electron chi connectivity index (χ3n) is 7.61. The summed E-state index contributed by atoms with van der Waals surface area (Å²) in [6.07, 6.45) is 1.76. The van der Waals surface area contributed by atoms with Crippen LogP contribution in [-0.4, -0.2) is 63.7 Å². The topological polar surface area (TPSA) is 115 Å². The zero-order chi connectivity index (χ0) is 28.9. The number of halogens is 3. The van der Waals surface area contributed by atoms with E-state index in [1.54, 1.807) is 23.7 Å². The Kier molecular flexibility index (Phi) is 9.90. The van der Waals surface area contributed by atoms with Gasteiger partial charge in [0.25, 0.3) is 0 Å². The van der Waals surface area contributed by atoms with E-state index < -0.39 is 34.9 Å². The molecule has 1 fully saturated rings. The molecule has 0 aliphatic carbocycles. The van der Waals surface area contributed by atoms with Crippen LogP contribution >= 0.6 is 11.8 Å². The Balaban J connectivity index is 1.42. The van der Waals surface area contributed by atoms with Crippen LogP contribution in [0.5, 0.6) is 5.75 Å². The minimum absolute atomic E-state index is 0.190. The van der Waals surface area contributed by atoms with E-state index in [0.717, 1.165) is 11.8 Å². The average Bonchev–Trinajstić information content (AvgIpc) is 2.96. The summed E-state index contributed by atoms with van der Waals surface area (Å²) in [5.41, 5.74) is 2.45. The van der Waals surface area contributed by atoms with E-state index in [-0.39, 0.29) is 24.3 Å². The maximum atomic E-state index is 13.9. The van der Waals surface area contributed by atoms with E-state index in [2.05, 4.69) is 9.88 Å². The molecule has 2 heterocycles. The minimum atomic E-state index is -1.02. The molecule has 1 aliphatic rings. The molecule has 0 radical (unpaired) electrons. The second-order valence-corrected chi connectivity index (χ2v) is 11.0. The van der Waals surface area contributed by atoms with Crippen LogP contribution in [0.3, 0.4) is 0 Å². The van der Waals surface area contributed by atoms with Crippen molar-refractivity contribution in [3.05, 3.63) is 65.1 Å². The number of amides is 1. The molecule has 1 aromatic heterocycles. The molecule has 40 heavy (non-hydrogen) atoms. The summed E-state index contributed by atoms with van der Waals surface area (Å²) < 4.78 is 46.3. The Morgan fingerprint density at radius 3 is 2.52 bits per heavy atom. The van der Waals surface area contributed by atoms with Crippen LogP contribution in [0.25, 0.3) is 10.9 Å². The lowest BCUT2D eigenvalue weighted by Gasteiger charge is -2.40. The SMILES string of the molecule is COc1ccc2ncc(CO)c([C@H](O)CCC3(C(=O)NO)CCN(CCSc4c(F)cc(F)cc4F)CC3)c2c1. The first-order chi connectivity index (χ1) is 19.2. The number of methoxy groups -OCH3 is 1. The van der Waals surface area contributed by atoms with Gasteiger partial charge in [-0.2, -0.15) is 0 Å². The van der Waals surface area contributed by atoms with Crippen molar-refractivity contribution in [1.82, 2.24) is 15.4 Å². The number of piperidine rings is 1. The number of hydroxylamine groups is 1. The fourth-order valence-corrected chi connectivity index (χ4v) is 6.24. The van der Waals surface area contributed by atoms with Gasteiger partial charge < -0.3 is 19.8 Å². The number of hydrogen-bond donors (Lipinski definition) is 4. The van der Waals surface area contributed by atoms with Crippen molar-refractivity contribution in [3.63, 3.8) is 0 Å². The summed E-state index contributed by atoms with van der Waals surface area (Å²) in [6, 6.07) is 6.56. The molecule has 8 nitrogen and oxygen atoms in total. The number of aromatic nitrogens is 1. The van der Waals surface area contributed by atoms with Gasteiger partial charge in [0, 0.05) is 41.6 Å². The van der Waals surface area contributed by atoms with E-state index >= 15 is 0 Å². The second kappa shape index (κ2) is 13.2. The standard InChI is InChI=1S/C28H32F3N3O5S/c1-39-19-2-3-23-20(14-19)25(17(16-35)15-32-23)24(36)4-5-28(27(37)33-38)6-8-34(9-7-28)10-11-40-26-21(30)12-18(29)13-22(26)31/h2-3,12-15,24,35-36,38H,4-11,16H2,1H3,(H,33,37)/t24-/m1/s1. The Morgan fingerprint density at radius 2 is 1.90 bits per heavy atom. The summed E-state index contributed by atoms with van der Waals surface area (Å²) in [5, 5.41) is 31.3. The summed E-state index contributed by atoms with van der Waals surface area (Å²) in [7, 11) is 1.53. The van der Waals surface area contributed by atoms with E-state index in [9.17, 15) is 33.4 Å². The predicted molar refractivity (Wildman–Crippen MR) is 143 cm³/mol. The summed E-state index contributed by atoms with van der Waals surface area (Å²) in [6.45, 7) is 1.16. The fraction of sp³-hybridized carbons (Fsp3) is 0.429. The van der Waals surface area contributed by atoms with Gasteiger partial charge in [-0.25, -0.2) is 18.7 Å². The first-order valence-corrected chi connectivity index (χ1v) is 13.9. The molecule has 3 aromatic rings. The van der Waals surface area contributed by atoms with Gasteiger partial charge in [-0.1, -0.05) is 0 Å². The number of ether oxygens (including phenoxy) is 1. The quantitative estimate of drug-likeness (QED) is 0.151. The van der Waals surface area contributed by atoms with Gasteiger partial charge in [-0.15, -0.1) is 11.8 Å². The normalized spacial score (nSPS) is 16.2. The number of thioether (sulfide) groups is 1. The number of fused-ring (bicyclic) bond motifs is 1. The third-order valence-corrected chi connectivity index (χ3v) is 8.68. The number of pyridine rings is 1. The second-order valence-electron chi connectivity index (χ2n) is 9.90. The van der Waals surface area contributed by atoms with Gasteiger partial charge in [0.2, 0.25) is 5.91 Å². The molecule has 2 aromatic carbocycles. The highest BCUT2D eigenvalue weighted by Crippen LogP contribution is 2.40. The lowest BCUT2D eigenvalue weighted by Crippen LogP contribution is -2.48. The molecule has 0 bridgehead atoms. The van der Waals surface area contributed by atoms with Crippen LogP contribution in [0.1, 0.15) is 42.9 Å². The molecule has 12 heteroatoms. The van der Waals surface area contributed by atoms with Crippen LogP contribution in [-0.2, 0) is 11.4 Å². The first-order valence-electron chi connectivity index (χ1n) is 12.9. The van der Waals surface area contributed by atoms with E-state index in [1.807, 2.05) is 0 Å². The maximum Gasteiger partial charge on any atom is 0.249 e. The van der Waals surface area contributed by atoms with Crippen LogP contribution in [0.4, 0.5) is 13.2 Å². The van der Waals surface area contributed by atoms with Crippen LogP contribution < -0.4 is 10.2 Å². The molecule has 0 unspecified atom stereocenters. The largest absolute Gasteiger partial charge is 0.497 e. The van der Waals surface area contributed by atoms with Gasteiger partial charge in [0.15, 0.2) is 0 Å². The van der Waals surface area contributed by atoms with Gasteiger partial charge >= 0.3 is 0 Å². The lowest BCUT2D eigenvalue weighted by atomic mass is 9.73. The van der Waals surface area contributed by atoms with Crippen molar-refractivity contribution in [2.45, 2.75) is 43.3 Å². The summed E-state index contributed by atoms with van der Waals surface area (Å²) in [5.74, 6) is -2.45. The third kappa shape index (κ3) is 6.52. The number of benzene rings is 2. The first kappa shape index (κ1) is 30.1. The molecular weight excluding hydrogens is 547 g/mol. The average molecular weight is 580 g/mol. The molecule has 1 aliphatic heterocycles. The Hall–Kier alpha value is -2.90. The highest BCUT2D eigenvalue weighted by Gasteiger charge is 2.41. The summed E-state index contributed by atoms with van der Waals surface area (Å²) >= 11 is 0.960. The number of carbonyl (C=O) groups excluding carboxylic acids is 1. The number of rotatable bonds is 11. The highest BCUT2D eigenvalue weighted by molar-refractivity contribution is 7.99. The minimum Gasteiger partial charge on any atom is -0.497 e. The fourth-order valence-electron chi connectivity index (χ4n) is 5.29. The van der Waals surface area contributed by atoms with Gasteiger partial charge in [-0.05, 0) is 62.5 Å². The highest BCUT2D eigenvalue weighted by atomic mass is 32.2. The van der Waals surface area contributed by atoms with Gasteiger partial charge in [0.05, 0.1) is 35.6 Å². The van der Waals surface area contributed by atoms with Crippen molar-refractivity contribution in [3.8, 4) is 5.75 Å². The molecule has 4 rings (SSSR count). The summed E-state index contributed by atoms with van der Waals surface area (Å²) in [4.78, 5) is 19.0. The van der Waals surface area contributed by atoms with Crippen molar-refractivity contribution in [2.24, 2.45) is 5.41 Å². The van der Waals surface area contributed by atoms with Gasteiger partial charge in [-0.3, -0.25) is 15.0 Å². The number of aliphatic hydroxyl groups is 2. The Bertz CT molecular complexity index is 1330. The van der Waals surface area contributed by atoms with Crippen molar-refractivity contribution in [2.75, 3.05) is 32.5 Å². The maximum absolute atomic E-state index is 13.9. The lowest BCUT2D eigenvalue weighted by molar-refractivity contribution is -0.143. The van der Waals surface area contributed by atoms with Crippen molar-refractivity contribution in [1.29, 1.82) is 0 Å². The van der Waals surface area contributed by atoms with Crippen LogP contribution in [0, 0.1) is 22.9 Å². The number of nitrogens with one attached hydrogen (secondary N) is 1. The molecule has 0 spiro atoms. The zero-order valence-corrected chi connectivity index (χ0v) is 22.8. The Morgan fingerprint density at radius 1 is 1.20 bits per heavy atom. The monoisotopic (exact) mass is 579 g/mol.